The number of benzene rings is 1. The maximum absolute atomic E-state index is 12.5. The number of anilines is 1. The van der Waals surface area contributed by atoms with Crippen molar-refractivity contribution < 1.29 is 14.3 Å². The summed E-state index contributed by atoms with van der Waals surface area (Å²) in [5, 5.41) is 7.80. The first-order valence-electron chi connectivity index (χ1n) is 10.5. The van der Waals surface area contributed by atoms with Crippen LogP contribution in [0.4, 0.5) is 5.69 Å². The van der Waals surface area contributed by atoms with Gasteiger partial charge in [-0.2, -0.15) is 5.10 Å². The van der Waals surface area contributed by atoms with Crippen LogP contribution in [0, 0.1) is 13.8 Å². The summed E-state index contributed by atoms with van der Waals surface area (Å²) in [5.41, 5.74) is 5.55. The molecule has 0 saturated carbocycles. The number of aromatic nitrogens is 5. The van der Waals surface area contributed by atoms with E-state index in [9.17, 15) is 9.59 Å². The molecule has 0 fully saturated rings. The number of nitrogens with one attached hydrogen (secondary N) is 2. The zero-order valence-corrected chi connectivity index (χ0v) is 18.8. The zero-order chi connectivity index (χ0) is 23.5. The Balaban J connectivity index is 1.62. The quantitative estimate of drug-likeness (QED) is 0.345. The van der Waals surface area contributed by atoms with Gasteiger partial charge in [-0.15, -0.1) is 0 Å². The number of H-pyrrole nitrogens is 1. The topological polar surface area (TPSA) is 115 Å². The van der Waals surface area contributed by atoms with E-state index in [1.54, 1.807) is 36.0 Å². The average molecular weight is 444 g/mol. The molecule has 2 N–H and O–H groups in total. The Morgan fingerprint density at radius 3 is 2.79 bits per heavy atom. The van der Waals surface area contributed by atoms with Crippen LogP contribution in [0.5, 0.6) is 0 Å². The Hall–Kier alpha value is -4.27. The van der Waals surface area contributed by atoms with Gasteiger partial charge in [-0.1, -0.05) is 12.1 Å². The number of hydrogen-bond acceptors (Lipinski definition) is 6. The van der Waals surface area contributed by atoms with Crippen LogP contribution in [-0.2, 0) is 16.6 Å². The standard InChI is InChI=1S/C24H24N6O3/c1-5-33-24(32)19-12-25-23-21(19)22(26-13-27-23)16-7-6-8-17(11-16)28-20(31)10-9-18-14(2)29-30(4)15(18)3/h6-13H,5H2,1-4H3,(H,28,31)(H,25,26,27). The van der Waals surface area contributed by atoms with Gasteiger partial charge in [-0.3, -0.25) is 9.48 Å². The molecule has 9 nitrogen and oxygen atoms in total. The Labute approximate surface area is 190 Å². The van der Waals surface area contributed by atoms with Crippen molar-refractivity contribution in [2.24, 2.45) is 7.05 Å². The van der Waals surface area contributed by atoms with Crippen molar-refractivity contribution in [2.45, 2.75) is 20.8 Å². The number of aryl methyl sites for hydroxylation is 2. The molecule has 0 bridgehead atoms. The van der Waals surface area contributed by atoms with E-state index in [0.29, 0.717) is 28.0 Å². The van der Waals surface area contributed by atoms with Crippen molar-refractivity contribution in [2.75, 3.05) is 11.9 Å². The number of ether oxygens (including phenoxy) is 1. The van der Waals surface area contributed by atoms with Crippen molar-refractivity contribution in [1.29, 1.82) is 0 Å². The molecule has 0 aliphatic heterocycles. The van der Waals surface area contributed by atoms with Crippen LogP contribution >= 0.6 is 0 Å². The smallest absolute Gasteiger partial charge is 0.340 e. The molecule has 4 aromatic rings. The number of esters is 1. The maximum Gasteiger partial charge on any atom is 0.340 e. The van der Waals surface area contributed by atoms with Gasteiger partial charge in [0.15, 0.2) is 0 Å². The van der Waals surface area contributed by atoms with Gasteiger partial charge in [0.05, 0.1) is 28.9 Å². The van der Waals surface area contributed by atoms with Gasteiger partial charge in [-0.05, 0) is 39.0 Å². The zero-order valence-electron chi connectivity index (χ0n) is 18.8. The first kappa shape index (κ1) is 21.9. The minimum absolute atomic E-state index is 0.266. The van der Waals surface area contributed by atoms with Crippen molar-refractivity contribution in [3.05, 3.63) is 65.4 Å². The van der Waals surface area contributed by atoms with Crippen LogP contribution in [0.3, 0.4) is 0 Å². The highest BCUT2D eigenvalue weighted by molar-refractivity contribution is 6.08. The molecule has 3 heterocycles. The fourth-order valence-electron chi connectivity index (χ4n) is 3.67. The SMILES string of the molecule is CCOC(=O)c1c[nH]c2ncnc(-c3cccc(NC(=O)C=Cc4c(C)nn(C)c4C)c3)c12. The summed E-state index contributed by atoms with van der Waals surface area (Å²) in [4.78, 5) is 36.5. The number of hydrogen-bond donors (Lipinski definition) is 2. The third-order valence-corrected chi connectivity index (χ3v) is 5.34. The Bertz CT molecular complexity index is 1380. The lowest BCUT2D eigenvalue weighted by atomic mass is 10.1. The first-order valence-corrected chi connectivity index (χ1v) is 10.5. The molecule has 0 aliphatic carbocycles. The van der Waals surface area contributed by atoms with E-state index in [4.69, 9.17) is 4.74 Å². The molecule has 33 heavy (non-hydrogen) atoms. The largest absolute Gasteiger partial charge is 0.462 e. The van der Waals surface area contributed by atoms with Crippen LogP contribution < -0.4 is 5.32 Å². The molecule has 1 amide bonds. The molecule has 0 spiro atoms. The number of fused-ring (bicyclic) bond motifs is 1. The lowest BCUT2D eigenvalue weighted by Crippen LogP contribution is -2.08. The van der Waals surface area contributed by atoms with E-state index in [1.165, 1.54) is 12.4 Å². The van der Waals surface area contributed by atoms with Crippen LogP contribution in [0.1, 0.15) is 34.2 Å². The van der Waals surface area contributed by atoms with E-state index in [2.05, 4.69) is 25.4 Å². The number of rotatable bonds is 6. The van der Waals surface area contributed by atoms with Crippen molar-refractivity contribution in [3.8, 4) is 11.3 Å². The Kier molecular flexibility index (Phi) is 6.03. The third-order valence-electron chi connectivity index (χ3n) is 5.34. The number of nitrogens with zero attached hydrogens (tertiary/aromatic N) is 4. The summed E-state index contributed by atoms with van der Waals surface area (Å²) in [6.07, 6.45) is 6.24. The first-order chi connectivity index (χ1) is 15.9. The van der Waals surface area contributed by atoms with E-state index in [1.807, 2.05) is 33.0 Å². The number of carbonyl (C=O) groups is 2. The fourth-order valence-corrected chi connectivity index (χ4v) is 3.67. The molecule has 0 radical (unpaired) electrons. The highest BCUT2D eigenvalue weighted by Gasteiger charge is 2.19. The molecule has 0 unspecified atom stereocenters. The summed E-state index contributed by atoms with van der Waals surface area (Å²) >= 11 is 0. The van der Waals surface area contributed by atoms with Crippen molar-refractivity contribution in [3.63, 3.8) is 0 Å². The second kappa shape index (κ2) is 9.07. The highest BCUT2D eigenvalue weighted by atomic mass is 16.5. The molecular formula is C24H24N6O3. The van der Waals surface area contributed by atoms with Gasteiger partial charge >= 0.3 is 5.97 Å². The molecule has 1 aromatic carbocycles. The Morgan fingerprint density at radius 2 is 2.06 bits per heavy atom. The van der Waals surface area contributed by atoms with Crippen LogP contribution in [0.15, 0.2) is 42.9 Å². The highest BCUT2D eigenvalue weighted by Crippen LogP contribution is 2.30. The summed E-state index contributed by atoms with van der Waals surface area (Å²) in [7, 11) is 1.87. The maximum atomic E-state index is 12.5. The van der Waals surface area contributed by atoms with Gasteiger partial charge in [0.25, 0.3) is 0 Å². The predicted molar refractivity (Wildman–Crippen MR) is 126 cm³/mol. The van der Waals surface area contributed by atoms with Crippen LogP contribution in [-0.4, -0.2) is 43.2 Å². The van der Waals surface area contributed by atoms with Gasteiger partial charge in [-0.25, -0.2) is 14.8 Å². The number of aromatic amines is 1. The van der Waals surface area contributed by atoms with E-state index < -0.39 is 5.97 Å². The number of carbonyl (C=O) groups excluding carboxylic acids is 2. The molecule has 0 saturated heterocycles. The molecule has 0 atom stereocenters. The van der Waals surface area contributed by atoms with Crippen LogP contribution in [0.2, 0.25) is 0 Å². The molecule has 168 valence electrons. The summed E-state index contributed by atoms with van der Waals surface area (Å²) in [6, 6.07) is 7.26. The number of amides is 1. The fraction of sp³-hybridized carbons (Fsp3) is 0.208. The van der Waals surface area contributed by atoms with Crippen molar-refractivity contribution >= 4 is 34.7 Å². The molecule has 3 aromatic heterocycles. The van der Waals surface area contributed by atoms with E-state index >= 15 is 0 Å². The minimum atomic E-state index is -0.449. The van der Waals surface area contributed by atoms with E-state index in [-0.39, 0.29) is 12.5 Å². The monoisotopic (exact) mass is 444 g/mol. The molecular weight excluding hydrogens is 420 g/mol. The van der Waals surface area contributed by atoms with Crippen molar-refractivity contribution in [1.82, 2.24) is 24.7 Å². The second-order valence-corrected chi connectivity index (χ2v) is 7.48. The normalized spacial score (nSPS) is 11.3. The summed E-state index contributed by atoms with van der Waals surface area (Å²) < 4.78 is 6.94. The third kappa shape index (κ3) is 4.38. The minimum Gasteiger partial charge on any atom is -0.462 e. The Morgan fingerprint density at radius 1 is 1.24 bits per heavy atom. The molecule has 9 heteroatoms. The summed E-state index contributed by atoms with van der Waals surface area (Å²) in [6.45, 7) is 5.88. The second-order valence-electron chi connectivity index (χ2n) is 7.48. The van der Waals surface area contributed by atoms with Crippen LogP contribution in [0.25, 0.3) is 28.4 Å². The van der Waals surface area contributed by atoms with Gasteiger partial charge < -0.3 is 15.0 Å². The predicted octanol–water partition coefficient (Wildman–Crippen LogP) is 3.80. The molecule has 4 rings (SSSR count). The van der Waals surface area contributed by atoms with E-state index in [0.717, 1.165) is 22.5 Å². The van der Waals surface area contributed by atoms with Gasteiger partial charge in [0.1, 0.15) is 12.0 Å². The lowest BCUT2D eigenvalue weighted by molar-refractivity contribution is -0.111. The van der Waals surface area contributed by atoms with Gasteiger partial charge in [0, 0.05) is 41.8 Å². The summed E-state index contributed by atoms with van der Waals surface area (Å²) in [5.74, 6) is -0.716. The molecule has 0 aliphatic rings. The van der Waals surface area contributed by atoms with Gasteiger partial charge in [0.2, 0.25) is 5.91 Å². The lowest BCUT2D eigenvalue weighted by Gasteiger charge is -2.08. The average Bonchev–Trinajstić information content (AvgIpc) is 3.33.